The van der Waals surface area contributed by atoms with Crippen LogP contribution in [-0.2, 0) is 6.61 Å². The van der Waals surface area contributed by atoms with Crippen molar-refractivity contribution < 1.29 is 9.13 Å². The van der Waals surface area contributed by atoms with Crippen LogP contribution in [0.4, 0.5) is 10.3 Å². The van der Waals surface area contributed by atoms with Gasteiger partial charge in [-0.3, -0.25) is 9.78 Å². The number of halogens is 2. The highest BCUT2D eigenvalue weighted by Gasteiger charge is 2.13. The number of nitrogens with zero attached hydrogens (tertiary/aromatic N) is 3. The van der Waals surface area contributed by atoms with Crippen molar-refractivity contribution in [2.45, 2.75) is 6.61 Å². The lowest BCUT2D eigenvalue weighted by atomic mass is 10.2. The molecule has 0 amide bonds. The van der Waals surface area contributed by atoms with Gasteiger partial charge in [-0.2, -0.15) is 0 Å². The number of nitrogen functional groups attached to an aromatic ring is 1. The molecule has 0 saturated heterocycles. The summed E-state index contributed by atoms with van der Waals surface area (Å²) < 4.78 is 18.8. The zero-order valence-corrected chi connectivity index (χ0v) is 14.4. The molecule has 136 valence electrons. The highest BCUT2D eigenvalue weighted by molar-refractivity contribution is 6.30. The van der Waals surface area contributed by atoms with Gasteiger partial charge in [0.2, 0.25) is 0 Å². The number of ether oxygens (including phenoxy) is 1. The van der Waals surface area contributed by atoms with Gasteiger partial charge < -0.3 is 20.4 Å². The van der Waals surface area contributed by atoms with Crippen molar-refractivity contribution in [3.05, 3.63) is 63.7 Å². The fourth-order valence-corrected chi connectivity index (χ4v) is 2.72. The number of fused-ring (bicyclic) bond motifs is 1. The van der Waals surface area contributed by atoms with Crippen LogP contribution in [0.15, 0.2) is 41.5 Å². The molecule has 0 aliphatic heterocycles. The van der Waals surface area contributed by atoms with Crippen LogP contribution in [0.1, 0.15) is 5.82 Å². The molecule has 4 aromatic rings. The van der Waals surface area contributed by atoms with Gasteiger partial charge >= 0.3 is 0 Å². The Morgan fingerprint density at radius 3 is 2.81 bits per heavy atom. The van der Waals surface area contributed by atoms with E-state index in [0.29, 0.717) is 28.0 Å². The number of imidazole rings is 1. The second-order valence-electron chi connectivity index (χ2n) is 5.62. The van der Waals surface area contributed by atoms with E-state index in [1.165, 1.54) is 30.6 Å². The second-order valence-corrected chi connectivity index (χ2v) is 6.02. The topological polar surface area (TPSA) is 123 Å². The van der Waals surface area contributed by atoms with E-state index in [9.17, 15) is 9.18 Å². The minimum Gasteiger partial charge on any atom is -0.486 e. The Morgan fingerprint density at radius 1 is 1.22 bits per heavy atom. The van der Waals surface area contributed by atoms with Crippen molar-refractivity contribution in [3.63, 3.8) is 0 Å². The van der Waals surface area contributed by atoms with Crippen molar-refractivity contribution in [1.82, 2.24) is 24.9 Å². The smallest absolute Gasteiger partial charge is 0.258 e. The van der Waals surface area contributed by atoms with Gasteiger partial charge in [0.15, 0.2) is 5.95 Å². The van der Waals surface area contributed by atoms with E-state index in [-0.39, 0.29) is 29.0 Å². The lowest BCUT2D eigenvalue weighted by molar-refractivity contribution is 0.295. The van der Waals surface area contributed by atoms with Gasteiger partial charge in [0.1, 0.15) is 35.2 Å². The predicted octanol–water partition coefficient (Wildman–Crippen LogP) is 2.66. The van der Waals surface area contributed by atoms with Crippen LogP contribution in [-0.4, -0.2) is 24.9 Å². The summed E-state index contributed by atoms with van der Waals surface area (Å²) in [6.07, 6.45) is 3.01. The third-order valence-corrected chi connectivity index (χ3v) is 4.08. The van der Waals surface area contributed by atoms with Gasteiger partial charge in [0, 0.05) is 12.3 Å². The third-order valence-electron chi connectivity index (χ3n) is 3.79. The number of aromatic nitrogens is 5. The van der Waals surface area contributed by atoms with E-state index < -0.39 is 5.82 Å². The van der Waals surface area contributed by atoms with Gasteiger partial charge in [-0.05, 0) is 18.2 Å². The molecule has 3 heterocycles. The number of H-pyrrole nitrogens is 2. The van der Waals surface area contributed by atoms with Gasteiger partial charge in [-0.1, -0.05) is 11.6 Å². The lowest BCUT2D eigenvalue weighted by Gasteiger charge is -2.08. The van der Waals surface area contributed by atoms with Crippen molar-refractivity contribution >= 4 is 28.5 Å². The van der Waals surface area contributed by atoms with Crippen LogP contribution >= 0.6 is 11.6 Å². The normalized spacial score (nSPS) is 11.0. The number of nitrogens with two attached hydrogens (primary N) is 1. The lowest BCUT2D eigenvalue weighted by Crippen LogP contribution is -2.14. The summed E-state index contributed by atoms with van der Waals surface area (Å²) in [6, 6.07) is 5.53. The van der Waals surface area contributed by atoms with Crippen LogP contribution in [0.25, 0.3) is 22.3 Å². The third kappa shape index (κ3) is 3.32. The number of aromatic amines is 2. The van der Waals surface area contributed by atoms with E-state index in [2.05, 4.69) is 24.9 Å². The summed E-state index contributed by atoms with van der Waals surface area (Å²) in [5.74, 6) is 0.299. The largest absolute Gasteiger partial charge is 0.486 e. The van der Waals surface area contributed by atoms with Gasteiger partial charge in [0.05, 0.1) is 22.3 Å². The molecule has 0 bridgehead atoms. The summed E-state index contributed by atoms with van der Waals surface area (Å²) in [7, 11) is 0. The molecule has 0 radical (unpaired) electrons. The Kier molecular flexibility index (Phi) is 4.21. The van der Waals surface area contributed by atoms with Gasteiger partial charge in [-0.25, -0.2) is 14.4 Å². The minimum atomic E-state index is -0.546. The molecule has 1 aromatic carbocycles. The Bertz CT molecular complexity index is 1210. The SMILES string of the molecule is Nc1ncc(-c2nccc3c(=O)[nH]c(COc4ccc(F)c(Cl)c4)nc23)[nH]1. The number of pyridine rings is 1. The van der Waals surface area contributed by atoms with E-state index in [0.717, 1.165) is 0 Å². The number of benzene rings is 1. The van der Waals surface area contributed by atoms with Crippen LogP contribution in [0.2, 0.25) is 5.02 Å². The van der Waals surface area contributed by atoms with Crippen molar-refractivity contribution in [1.29, 1.82) is 0 Å². The first kappa shape index (κ1) is 17.0. The molecule has 10 heteroatoms. The van der Waals surface area contributed by atoms with Gasteiger partial charge in [0.25, 0.3) is 5.56 Å². The zero-order valence-electron chi connectivity index (χ0n) is 13.7. The number of anilines is 1. The van der Waals surface area contributed by atoms with E-state index in [4.69, 9.17) is 22.1 Å². The highest BCUT2D eigenvalue weighted by atomic mass is 35.5. The fourth-order valence-electron chi connectivity index (χ4n) is 2.55. The average Bonchev–Trinajstić information content (AvgIpc) is 3.08. The maximum Gasteiger partial charge on any atom is 0.258 e. The fraction of sp³-hybridized carbons (Fsp3) is 0.0588. The maximum absolute atomic E-state index is 13.2. The summed E-state index contributed by atoms with van der Waals surface area (Å²) in [5, 5.41) is 0.303. The minimum absolute atomic E-state index is 0.0490. The average molecular weight is 387 g/mol. The molecule has 0 fully saturated rings. The first-order chi connectivity index (χ1) is 13.0. The molecule has 0 aliphatic rings. The number of hydrogen-bond acceptors (Lipinski definition) is 6. The number of hydrogen-bond donors (Lipinski definition) is 3. The van der Waals surface area contributed by atoms with E-state index >= 15 is 0 Å². The van der Waals surface area contributed by atoms with Crippen LogP contribution in [0.5, 0.6) is 5.75 Å². The number of nitrogens with one attached hydrogen (secondary N) is 2. The van der Waals surface area contributed by atoms with Crippen LogP contribution < -0.4 is 16.0 Å². The van der Waals surface area contributed by atoms with E-state index in [1.54, 1.807) is 6.07 Å². The number of rotatable bonds is 4. The summed E-state index contributed by atoms with van der Waals surface area (Å²) in [4.78, 5) is 30.6. The molecule has 0 atom stereocenters. The Balaban J connectivity index is 1.71. The zero-order chi connectivity index (χ0) is 19.0. The Hall–Kier alpha value is -3.46. The first-order valence-corrected chi connectivity index (χ1v) is 8.15. The van der Waals surface area contributed by atoms with Crippen molar-refractivity contribution in [3.8, 4) is 17.1 Å². The van der Waals surface area contributed by atoms with Crippen molar-refractivity contribution in [2.24, 2.45) is 0 Å². The molecule has 0 aliphatic carbocycles. The van der Waals surface area contributed by atoms with Gasteiger partial charge in [-0.15, -0.1) is 0 Å². The standard InChI is InChI=1S/C17H12ClFN6O2/c18-10-5-8(1-2-11(10)19)27-7-13-24-14-9(16(26)25-13)3-4-21-15(14)12-6-22-17(20)23-12/h1-6H,7H2,(H3,20,22,23)(H,24,25,26). The maximum atomic E-state index is 13.2. The highest BCUT2D eigenvalue weighted by Crippen LogP contribution is 2.23. The molecule has 8 nitrogen and oxygen atoms in total. The Morgan fingerprint density at radius 2 is 2.07 bits per heavy atom. The van der Waals surface area contributed by atoms with E-state index in [1.807, 2.05) is 0 Å². The van der Waals surface area contributed by atoms with Crippen molar-refractivity contribution in [2.75, 3.05) is 5.73 Å². The molecule has 0 unspecified atom stereocenters. The molecular weight excluding hydrogens is 375 g/mol. The second kappa shape index (κ2) is 6.69. The monoisotopic (exact) mass is 386 g/mol. The molecule has 0 spiro atoms. The predicted molar refractivity (Wildman–Crippen MR) is 97.9 cm³/mol. The molecular formula is C17H12ClFN6O2. The molecule has 3 aromatic heterocycles. The first-order valence-electron chi connectivity index (χ1n) is 7.78. The summed E-state index contributed by atoms with van der Waals surface area (Å²) >= 11 is 5.73. The Labute approximate surface area is 156 Å². The quantitative estimate of drug-likeness (QED) is 0.495. The molecule has 0 saturated carbocycles. The van der Waals surface area contributed by atoms with Crippen LogP contribution in [0, 0.1) is 5.82 Å². The molecule has 4 N–H and O–H groups in total. The van der Waals surface area contributed by atoms with Crippen LogP contribution in [0.3, 0.4) is 0 Å². The summed E-state index contributed by atoms with van der Waals surface area (Å²) in [5.41, 5.74) is 6.62. The molecule has 27 heavy (non-hydrogen) atoms. The summed E-state index contributed by atoms with van der Waals surface area (Å²) in [6.45, 7) is -0.0490. The molecule has 4 rings (SSSR count).